The van der Waals surface area contributed by atoms with Crippen molar-refractivity contribution in [2.45, 2.75) is 259 Å². The number of rotatable bonds is 41. The standard InChI is InChI=1S/C46H88O6/c1-5-7-9-11-13-15-17-18-19-21-26-30-34-38-45(48)51-41-43(40-50-44(47)37-33-29-25-20-16-14-12-10-8-6-2)52-46(49)39-35-31-27-23-22-24-28-32-36-42(3)4/h42-43H,5-41H2,1-4H3/t43-/m0/s1. The zero-order valence-electron chi connectivity index (χ0n) is 35.3. The van der Waals surface area contributed by atoms with Gasteiger partial charge in [-0.15, -0.1) is 0 Å². The van der Waals surface area contributed by atoms with Gasteiger partial charge in [-0.25, -0.2) is 0 Å². The SMILES string of the molecule is CCCCCCCCCCCCCCCC(=O)OC[C@H](COC(=O)CCCCCCCCCCCC)OC(=O)CCCCCCCCCCC(C)C. The van der Waals surface area contributed by atoms with Crippen LogP contribution >= 0.6 is 0 Å². The number of unbranched alkanes of at least 4 members (excludes halogenated alkanes) is 28. The van der Waals surface area contributed by atoms with Crippen LogP contribution < -0.4 is 0 Å². The minimum atomic E-state index is -0.759. The molecular weight excluding hydrogens is 648 g/mol. The van der Waals surface area contributed by atoms with Gasteiger partial charge in [0.25, 0.3) is 0 Å². The van der Waals surface area contributed by atoms with Crippen LogP contribution in [0.3, 0.4) is 0 Å². The molecule has 0 aromatic heterocycles. The first-order valence-electron chi connectivity index (χ1n) is 22.9. The maximum atomic E-state index is 12.7. The number of carbonyl (C=O) groups excluding carboxylic acids is 3. The second-order valence-electron chi connectivity index (χ2n) is 16.2. The van der Waals surface area contributed by atoms with E-state index in [9.17, 15) is 14.4 Å². The summed E-state index contributed by atoms with van der Waals surface area (Å²) in [7, 11) is 0. The normalized spacial score (nSPS) is 11.9. The molecule has 0 aliphatic rings. The molecule has 308 valence electrons. The van der Waals surface area contributed by atoms with Gasteiger partial charge >= 0.3 is 17.9 Å². The molecule has 0 aromatic carbocycles. The monoisotopic (exact) mass is 737 g/mol. The Morgan fingerprint density at radius 1 is 0.365 bits per heavy atom. The first-order chi connectivity index (χ1) is 25.4. The van der Waals surface area contributed by atoms with E-state index >= 15 is 0 Å². The first-order valence-corrected chi connectivity index (χ1v) is 22.9. The predicted molar refractivity (Wildman–Crippen MR) is 220 cm³/mol. The fourth-order valence-corrected chi connectivity index (χ4v) is 6.80. The van der Waals surface area contributed by atoms with Crippen molar-refractivity contribution >= 4 is 17.9 Å². The number of esters is 3. The summed E-state index contributed by atoms with van der Waals surface area (Å²) in [5.41, 5.74) is 0. The molecule has 0 saturated carbocycles. The summed E-state index contributed by atoms with van der Waals surface area (Å²) < 4.78 is 16.7. The third-order valence-electron chi connectivity index (χ3n) is 10.3. The second-order valence-corrected chi connectivity index (χ2v) is 16.2. The van der Waals surface area contributed by atoms with E-state index < -0.39 is 6.10 Å². The Morgan fingerprint density at radius 2 is 0.635 bits per heavy atom. The van der Waals surface area contributed by atoms with Gasteiger partial charge in [0.1, 0.15) is 13.2 Å². The zero-order valence-corrected chi connectivity index (χ0v) is 35.3. The summed E-state index contributed by atoms with van der Waals surface area (Å²) in [5.74, 6) is -0.0631. The Morgan fingerprint density at radius 3 is 0.942 bits per heavy atom. The minimum absolute atomic E-state index is 0.0641. The summed E-state index contributed by atoms with van der Waals surface area (Å²) >= 11 is 0. The number of hydrogen-bond acceptors (Lipinski definition) is 6. The summed E-state index contributed by atoms with van der Waals surface area (Å²) in [6.07, 6.45) is 39.4. The number of ether oxygens (including phenoxy) is 3. The summed E-state index contributed by atoms with van der Waals surface area (Å²) in [6.45, 7) is 8.95. The van der Waals surface area contributed by atoms with Crippen molar-refractivity contribution < 1.29 is 28.6 Å². The molecular formula is C46H88O6. The lowest BCUT2D eigenvalue weighted by molar-refractivity contribution is -0.167. The van der Waals surface area contributed by atoms with Crippen LogP contribution in [-0.4, -0.2) is 37.2 Å². The molecule has 0 aliphatic heterocycles. The van der Waals surface area contributed by atoms with Crippen LogP contribution in [0.1, 0.15) is 252 Å². The van der Waals surface area contributed by atoms with Crippen LogP contribution in [0.2, 0.25) is 0 Å². The molecule has 0 spiro atoms. The van der Waals surface area contributed by atoms with Crippen LogP contribution in [0.5, 0.6) is 0 Å². The third kappa shape index (κ3) is 39.6. The van der Waals surface area contributed by atoms with E-state index in [1.807, 2.05) is 0 Å². The molecule has 0 radical (unpaired) electrons. The molecule has 0 bridgehead atoms. The van der Waals surface area contributed by atoms with Gasteiger partial charge in [-0.3, -0.25) is 14.4 Å². The molecule has 0 aromatic rings. The lowest BCUT2D eigenvalue weighted by Gasteiger charge is -2.18. The van der Waals surface area contributed by atoms with Gasteiger partial charge in [0.05, 0.1) is 0 Å². The Labute approximate surface area is 323 Å². The lowest BCUT2D eigenvalue weighted by Crippen LogP contribution is -2.30. The van der Waals surface area contributed by atoms with Gasteiger partial charge in [-0.2, -0.15) is 0 Å². The fraction of sp³-hybridized carbons (Fsp3) is 0.935. The maximum absolute atomic E-state index is 12.7. The van der Waals surface area contributed by atoms with E-state index in [1.54, 1.807) is 0 Å². The van der Waals surface area contributed by atoms with E-state index in [-0.39, 0.29) is 31.1 Å². The average molecular weight is 737 g/mol. The molecule has 0 N–H and O–H groups in total. The quantitative estimate of drug-likeness (QED) is 0.0353. The summed E-state index contributed by atoms with van der Waals surface area (Å²) in [5, 5.41) is 0. The van der Waals surface area contributed by atoms with E-state index in [4.69, 9.17) is 14.2 Å². The second kappa shape index (κ2) is 40.6. The predicted octanol–water partition coefficient (Wildman–Crippen LogP) is 14.3. The number of carbonyl (C=O) groups is 3. The van der Waals surface area contributed by atoms with Gasteiger partial charge < -0.3 is 14.2 Å². The van der Waals surface area contributed by atoms with E-state index in [0.29, 0.717) is 19.3 Å². The molecule has 0 unspecified atom stereocenters. The summed E-state index contributed by atoms with van der Waals surface area (Å²) in [6, 6.07) is 0. The highest BCUT2D eigenvalue weighted by molar-refractivity contribution is 5.71. The molecule has 0 rings (SSSR count). The van der Waals surface area contributed by atoms with Crippen LogP contribution in [0, 0.1) is 5.92 Å². The zero-order chi connectivity index (χ0) is 38.2. The Kier molecular flexibility index (Phi) is 39.4. The molecule has 1 atom stereocenters. The van der Waals surface area contributed by atoms with E-state index in [2.05, 4.69) is 27.7 Å². The van der Waals surface area contributed by atoms with Gasteiger partial charge in [-0.1, -0.05) is 214 Å². The van der Waals surface area contributed by atoms with Crippen LogP contribution in [0.15, 0.2) is 0 Å². The average Bonchev–Trinajstić information content (AvgIpc) is 3.12. The van der Waals surface area contributed by atoms with Crippen molar-refractivity contribution in [3.8, 4) is 0 Å². The van der Waals surface area contributed by atoms with E-state index in [0.717, 1.165) is 63.7 Å². The molecule has 0 saturated heterocycles. The smallest absolute Gasteiger partial charge is 0.306 e. The molecule has 0 fully saturated rings. The molecule has 6 nitrogen and oxygen atoms in total. The largest absolute Gasteiger partial charge is 0.462 e. The summed E-state index contributed by atoms with van der Waals surface area (Å²) in [4.78, 5) is 37.7. The molecule has 52 heavy (non-hydrogen) atoms. The van der Waals surface area contributed by atoms with Crippen LogP contribution in [-0.2, 0) is 28.6 Å². The number of hydrogen-bond donors (Lipinski definition) is 0. The fourth-order valence-electron chi connectivity index (χ4n) is 6.80. The van der Waals surface area contributed by atoms with E-state index in [1.165, 1.54) is 148 Å². The molecule has 0 aliphatic carbocycles. The third-order valence-corrected chi connectivity index (χ3v) is 10.3. The van der Waals surface area contributed by atoms with Crippen molar-refractivity contribution in [1.82, 2.24) is 0 Å². The molecule has 0 amide bonds. The van der Waals surface area contributed by atoms with Crippen molar-refractivity contribution in [3.63, 3.8) is 0 Å². The minimum Gasteiger partial charge on any atom is -0.462 e. The van der Waals surface area contributed by atoms with Gasteiger partial charge in [0.2, 0.25) is 0 Å². The first kappa shape index (κ1) is 50.4. The van der Waals surface area contributed by atoms with Crippen LogP contribution in [0.4, 0.5) is 0 Å². The van der Waals surface area contributed by atoms with Crippen molar-refractivity contribution in [2.75, 3.05) is 13.2 Å². The highest BCUT2D eigenvalue weighted by atomic mass is 16.6. The van der Waals surface area contributed by atoms with Gasteiger partial charge in [0, 0.05) is 19.3 Å². The maximum Gasteiger partial charge on any atom is 0.306 e. The highest BCUT2D eigenvalue weighted by Crippen LogP contribution is 2.16. The highest BCUT2D eigenvalue weighted by Gasteiger charge is 2.19. The Balaban J connectivity index is 4.32. The topological polar surface area (TPSA) is 78.9 Å². The molecule has 0 heterocycles. The van der Waals surface area contributed by atoms with Gasteiger partial charge in [-0.05, 0) is 25.2 Å². The van der Waals surface area contributed by atoms with Gasteiger partial charge in [0.15, 0.2) is 6.10 Å². The van der Waals surface area contributed by atoms with Crippen molar-refractivity contribution in [1.29, 1.82) is 0 Å². The van der Waals surface area contributed by atoms with Crippen molar-refractivity contribution in [3.05, 3.63) is 0 Å². The molecule has 6 heteroatoms. The lowest BCUT2D eigenvalue weighted by atomic mass is 10.0. The Bertz CT molecular complexity index is 781. The Hall–Kier alpha value is -1.59. The van der Waals surface area contributed by atoms with Crippen LogP contribution in [0.25, 0.3) is 0 Å². The van der Waals surface area contributed by atoms with Crippen molar-refractivity contribution in [2.24, 2.45) is 5.92 Å².